The standard InChI is InChI=1S/C10H6ClFN2/c11-10-5-4-9(13-14-10)7-2-1-3-8(12)6-7/h1-6H. The first-order chi connectivity index (χ1) is 6.75. The number of rotatable bonds is 1. The van der Waals surface area contributed by atoms with Crippen molar-refractivity contribution in [3.63, 3.8) is 0 Å². The zero-order chi connectivity index (χ0) is 9.97. The summed E-state index contributed by atoms with van der Waals surface area (Å²) in [5.41, 5.74) is 1.29. The highest BCUT2D eigenvalue weighted by molar-refractivity contribution is 6.29. The molecule has 2 rings (SSSR count). The lowest BCUT2D eigenvalue weighted by molar-refractivity contribution is 0.628. The van der Waals surface area contributed by atoms with Gasteiger partial charge < -0.3 is 0 Å². The quantitative estimate of drug-likeness (QED) is 0.720. The van der Waals surface area contributed by atoms with Gasteiger partial charge in [0.2, 0.25) is 0 Å². The number of benzene rings is 1. The number of halogens is 2. The van der Waals surface area contributed by atoms with Crippen molar-refractivity contribution in [2.75, 3.05) is 0 Å². The molecule has 0 spiro atoms. The van der Waals surface area contributed by atoms with Crippen LogP contribution >= 0.6 is 11.6 Å². The number of hydrogen-bond acceptors (Lipinski definition) is 2. The molecule has 0 bridgehead atoms. The minimum atomic E-state index is -0.292. The molecule has 0 fully saturated rings. The zero-order valence-corrected chi connectivity index (χ0v) is 7.87. The van der Waals surface area contributed by atoms with Gasteiger partial charge in [0.1, 0.15) is 5.82 Å². The Kier molecular flexibility index (Phi) is 2.41. The normalized spacial score (nSPS) is 10.1. The summed E-state index contributed by atoms with van der Waals surface area (Å²) < 4.78 is 12.9. The predicted octanol–water partition coefficient (Wildman–Crippen LogP) is 2.94. The highest BCUT2D eigenvalue weighted by atomic mass is 35.5. The molecule has 0 aliphatic carbocycles. The fourth-order valence-corrected chi connectivity index (χ4v) is 1.22. The Morgan fingerprint density at radius 3 is 2.57 bits per heavy atom. The summed E-state index contributed by atoms with van der Waals surface area (Å²) in [4.78, 5) is 0. The van der Waals surface area contributed by atoms with Crippen molar-refractivity contribution in [1.29, 1.82) is 0 Å². The molecule has 70 valence electrons. The SMILES string of the molecule is Fc1cccc(-c2ccc(Cl)nn2)c1. The van der Waals surface area contributed by atoms with Crippen LogP contribution in [-0.2, 0) is 0 Å². The average molecular weight is 209 g/mol. The van der Waals surface area contributed by atoms with E-state index in [1.807, 2.05) is 0 Å². The van der Waals surface area contributed by atoms with E-state index in [0.29, 0.717) is 16.4 Å². The topological polar surface area (TPSA) is 25.8 Å². The maximum atomic E-state index is 12.9. The largest absolute Gasteiger partial charge is 0.207 e. The van der Waals surface area contributed by atoms with Crippen LogP contribution in [0.15, 0.2) is 36.4 Å². The Morgan fingerprint density at radius 2 is 1.93 bits per heavy atom. The molecule has 0 aliphatic heterocycles. The highest BCUT2D eigenvalue weighted by Gasteiger charge is 2.00. The number of nitrogens with zero attached hydrogens (tertiary/aromatic N) is 2. The van der Waals surface area contributed by atoms with Gasteiger partial charge in [0.25, 0.3) is 0 Å². The van der Waals surface area contributed by atoms with Crippen LogP contribution in [0, 0.1) is 5.82 Å². The lowest BCUT2D eigenvalue weighted by Crippen LogP contribution is -1.87. The van der Waals surface area contributed by atoms with Crippen molar-refractivity contribution >= 4 is 11.6 Å². The summed E-state index contributed by atoms with van der Waals surface area (Å²) in [6.45, 7) is 0. The first kappa shape index (κ1) is 9.09. The van der Waals surface area contributed by atoms with E-state index in [1.54, 1.807) is 24.3 Å². The summed E-state index contributed by atoms with van der Waals surface area (Å²) in [5, 5.41) is 7.84. The van der Waals surface area contributed by atoms with E-state index in [2.05, 4.69) is 10.2 Å². The zero-order valence-electron chi connectivity index (χ0n) is 7.11. The number of hydrogen-bond donors (Lipinski definition) is 0. The van der Waals surface area contributed by atoms with Crippen molar-refractivity contribution in [3.05, 3.63) is 47.4 Å². The van der Waals surface area contributed by atoms with E-state index in [-0.39, 0.29) is 5.82 Å². The van der Waals surface area contributed by atoms with Gasteiger partial charge in [0.05, 0.1) is 5.69 Å². The molecule has 0 atom stereocenters. The van der Waals surface area contributed by atoms with Crippen LogP contribution < -0.4 is 0 Å². The van der Waals surface area contributed by atoms with Crippen LogP contribution in [-0.4, -0.2) is 10.2 Å². The van der Waals surface area contributed by atoms with Gasteiger partial charge in [-0.25, -0.2) is 4.39 Å². The van der Waals surface area contributed by atoms with Gasteiger partial charge in [0, 0.05) is 5.56 Å². The van der Waals surface area contributed by atoms with E-state index in [4.69, 9.17) is 11.6 Å². The van der Waals surface area contributed by atoms with Crippen LogP contribution in [0.1, 0.15) is 0 Å². The van der Waals surface area contributed by atoms with Crippen molar-refractivity contribution in [2.24, 2.45) is 0 Å². The summed E-state index contributed by atoms with van der Waals surface area (Å²) >= 11 is 5.58. The third-order valence-electron chi connectivity index (χ3n) is 1.75. The van der Waals surface area contributed by atoms with Crippen molar-refractivity contribution in [1.82, 2.24) is 10.2 Å². The second-order valence-corrected chi connectivity index (χ2v) is 3.14. The molecule has 2 nitrogen and oxygen atoms in total. The van der Waals surface area contributed by atoms with Gasteiger partial charge in [0.15, 0.2) is 5.15 Å². The van der Waals surface area contributed by atoms with E-state index < -0.39 is 0 Å². The van der Waals surface area contributed by atoms with E-state index >= 15 is 0 Å². The first-order valence-corrected chi connectivity index (χ1v) is 4.39. The Bertz CT molecular complexity index is 442. The average Bonchev–Trinajstić information content (AvgIpc) is 2.19. The van der Waals surface area contributed by atoms with Gasteiger partial charge in [-0.1, -0.05) is 23.7 Å². The van der Waals surface area contributed by atoms with E-state index in [9.17, 15) is 4.39 Å². The summed E-state index contributed by atoms with van der Waals surface area (Å²) in [5.74, 6) is -0.292. The minimum Gasteiger partial charge on any atom is -0.207 e. The molecular formula is C10H6ClFN2. The summed E-state index contributed by atoms with van der Waals surface area (Å²) in [6, 6.07) is 9.49. The molecule has 0 N–H and O–H groups in total. The van der Waals surface area contributed by atoms with Crippen molar-refractivity contribution in [2.45, 2.75) is 0 Å². The smallest absolute Gasteiger partial charge is 0.151 e. The molecule has 4 heteroatoms. The molecule has 14 heavy (non-hydrogen) atoms. The van der Waals surface area contributed by atoms with Crippen LogP contribution in [0.25, 0.3) is 11.3 Å². The third kappa shape index (κ3) is 1.88. The predicted molar refractivity (Wildman–Crippen MR) is 52.4 cm³/mol. The Morgan fingerprint density at radius 1 is 1.07 bits per heavy atom. The second-order valence-electron chi connectivity index (χ2n) is 2.75. The van der Waals surface area contributed by atoms with Gasteiger partial charge >= 0.3 is 0 Å². The molecule has 0 saturated carbocycles. The Balaban J connectivity index is 2.44. The fraction of sp³-hybridized carbons (Fsp3) is 0. The molecule has 0 unspecified atom stereocenters. The van der Waals surface area contributed by atoms with Crippen LogP contribution in [0.4, 0.5) is 4.39 Å². The van der Waals surface area contributed by atoms with Gasteiger partial charge in [-0.3, -0.25) is 0 Å². The summed E-state index contributed by atoms with van der Waals surface area (Å²) in [6.07, 6.45) is 0. The Labute approximate surface area is 85.4 Å². The van der Waals surface area contributed by atoms with E-state index in [1.165, 1.54) is 12.1 Å². The third-order valence-corrected chi connectivity index (χ3v) is 1.95. The maximum absolute atomic E-state index is 12.9. The maximum Gasteiger partial charge on any atom is 0.151 e. The molecule has 2 aromatic rings. The fourth-order valence-electron chi connectivity index (χ4n) is 1.12. The molecular weight excluding hydrogens is 203 g/mol. The molecule has 1 aromatic heterocycles. The van der Waals surface area contributed by atoms with Gasteiger partial charge in [-0.2, -0.15) is 0 Å². The highest BCUT2D eigenvalue weighted by Crippen LogP contribution is 2.17. The van der Waals surface area contributed by atoms with Crippen LogP contribution in [0.5, 0.6) is 0 Å². The molecule has 0 saturated heterocycles. The molecule has 0 amide bonds. The molecule has 1 aromatic carbocycles. The Hall–Kier alpha value is -1.48. The van der Waals surface area contributed by atoms with E-state index in [0.717, 1.165) is 0 Å². The lowest BCUT2D eigenvalue weighted by Gasteiger charge is -1.98. The molecule has 0 radical (unpaired) electrons. The minimum absolute atomic E-state index is 0.292. The van der Waals surface area contributed by atoms with Crippen molar-refractivity contribution < 1.29 is 4.39 Å². The van der Waals surface area contributed by atoms with Crippen molar-refractivity contribution in [3.8, 4) is 11.3 Å². The second kappa shape index (κ2) is 3.72. The monoisotopic (exact) mass is 208 g/mol. The molecule has 1 heterocycles. The van der Waals surface area contributed by atoms with Gasteiger partial charge in [-0.15, -0.1) is 10.2 Å². The number of aromatic nitrogens is 2. The van der Waals surface area contributed by atoms with Crippen LogP contribution in [0.2, 0.25) is 5.15 Å². The molecule has 0 aliphatic rings. The van der Waals surface area contributed by atoms with Crippen LogP contribution in [0.3, 0.4) is 0 Å². The summed E-state index contributed by atoms with van der Waals surface area (Å²) in [7, 11) is 0. The lowest BCUT2D eigenvalue weighted by atomic mass is 10.1. The van der Waals surface area contributed by atoms with Gasteiger partial charge in [-0.05, 0) is 24.3 Å². The first-order valence-electron chi connectivity index (χ1n) is 4.01.